The smallest absolute Gasteiger partial charge is 0.233 e. The topological polar surface area (TPSA) is 63.2 Å². The van der Waals surface area contributed by atoms with Crippen molar-refractivity contribution >= 4 is 22.8 Å². The lowest BCUT2D eigenvalue weighted by molar-refractivity contribution is -0.129. The first-order valence-electron chi connectivity index (χ1n) is 10.9. The molecule has 4 aliphatic rings. The zero-order valence-electron chi connectivity index (χ0n) is 17.7. The average Bonchev–Trinajstić information content (AvgIpc) is 3.38. The number of hydrazone groups is 1. The summed E-state index contributed by atoms with van der Waals surface area (Å²) in [6, 6.07) is 7.29. The van der Waals surface area contributed by atoms with Crippen LogP contribution in [-0.2, 0) is 4.79 Å². The Morgan fingerprint density at radius 2 is 2.00 bits per heavy atom. The third-order valence-corrected chi connectivity index (χ3v) is 7.62. The van der Waals surface area contributed by atoms with Gasteiger partial charge in [0.25, 0.3) is 0 Å². The standard InChI is InChI=1S/C22H30N6OS/c1-15-6-7-17(12-16(15)2)18-13-19-21-23-24-22(27(21)10-11-28(19)25-18)30-14-20(29)26-8-4-3-5-9-26/h6-7,10-12,18-19,21,23,25H,3-5,8-9,13-14H2,1-2H3. The van der Waals surface area contributed by atoms with Crippen LogP contribution in [0.3, 0.4) is 0 Å². The van der Waals surface area contributed by atoms with Gasteiger partial charge in [-0.05, 0) is 56.2 Å². The number of hydrazine groups is 1. The van der Waals surface area contributed by atoms with Crippen molar-refractivity contribution in [3.8, 4) is 0 Å². The van der Waals surface area contributed by atoms with E-state index in [0.717, 1.165) is 37.5 Å². The largest absolute Gasteiger partial charge is 0.342 e. The number of benzene rings is 1. The van der Waals surface area contributed by atoms with Crippen LogP contribution in [0.15, 0.2) is 35.7 Å². The molecule has 0 bridgehead atoms. The van der Waals surface area contributed by atoms with Gasteiger partial charge >= 0.3 is 0 Å². The number of amidine groups is 1. The van der Waals surface area contributed by atoms with Crippen LogP contribution in [0.2, 0.25) is 0 Å². The highest BCUT2D eigenvalue weighted by atomic mass is 32.2. The molecule has 0 spiro atoms. The number of thioether (sulfide) groups is 1. The molecule has 3 atom stereocenters. The first kappa shape index (κ1) is 19.8. The molecular weight excluding hydrogens is 396 g/mol. The van der Waals surface area contributed by atoms with E-state index in [9.17, 15) is 4.79 Å². The zero-order valence-corrected chi connectivity index (χ0v) is 18.5. The van der Waals surface area contributed by atoms with Gasteiger partial charge in [0, 0.05) is 25.5 Å². The SMILES string of the molecule is Cc1ccc(C2CC3C4NN=C(SCC(=O)N5CCCCC5)N4C=CN3N2)cc1C. The fourth-order valence-electron chi connectivity index (χ4n) is 4.71. The van der Waals surface area contributed by atoms with Crippen LogP contribution < -0.4 is 10.9 Å². The molecule has 30 heavy (non-hydrogen) atoms. The first-order valence-corrected chi connectivity index (χ1v) is 11.9. The number of amides is 1. The molecule has 0 aliphatic carbocycles. The lowest BCUT2D eigenvalue weighted by Crippen LogP contribution is -2.54. The lowest BCUT2D eigenvalue weighted by Gasteiger charge is -2.36. The fraction of sp³-hybridized carbons (Fsp3) is 0.545. The number of fused-ring (bicyclic) bond motifs is 3. The number of hydrogen-bond donors (Lipinski definition) is 2. The summed E-state index contributed by atoms with van der Waals surface area (Å²) in [4.78, 5) is 16.7. The molecule has 0 radical (unpaired) electrons. The molecule has 2 saturated heterocycles. The Hall–Kier alpha value is -2.19. The molecule has 1 aromatic rings. The van der Waals surface area contributed by atoms with Gasteiger partial charge in [0.1, 0.15) is 6.17 Å². The monoisotopic (exact) mass is 426 g/mol. The van der Waals surface area contributed by atoms with Crippen LogP contribution in [0.25, 0.3) is 0 Å². The van der Waals surface area contributed by atoms with Crippen LogP contribution in [0.4, 0.5) is 0 Å². The number of hydrogen-bond acceptors (Lipinski definition) is 7. The van der Waals surface area contributed by atoms with Gasteiger partial charge < -0.3 is 14.8 Å². The number of carbonyl (C=O) groups is 1. The summed E-state index contributed by atoms with van der Waals surface area (Å²) < 4.78 is 0. The maximum absolute atomic E-state index is 12.5. The van der Waals surface area contributed by atoms with Gasteiger partial charge in [0.2, 0.25) is 5.91 Å². The first-order chi connectivity index (χ1) is 14.6. The van der Waals surface area contributed by atoms with Crippen molar-refractivity contribution < 1.29 is 4.79 Å². The zero-order chi connectivity index (χ0) is 20.7. The van der Waals surface area contributed by atoms with E-state index in [1.54, 1.807) is 0 Å². The van der Waals surface area contributed by atoms with Crippen molar-refractivity contribution in [3.63, 3.8) is 0 Å². The molecule has 2 N–H and O–H groups in total. The van der Waals surface area contributed by atoms with E-state index < -0.39 is 0 Å². The second-order valence-electron chi connectivity index (χ2n) is 8.64. The molecule has 7 nitrogen and oxygen atoms in total. The molecule has 8 heteroatoms. The quantitative estimate of drug-likeness (QED) is 0.775. The molecule has 5 rings (SSSR count). The highest BCUT2D eigenvalue weighted by Gasteiger charge is 2.44. The van der Waals surface area contributed by atoms with E-state index in [4.69, 9.17) is 0 Å². The predicted octanol–water partition coefficient (Wildman–Crippen LogP) is 2.66. The maximum atomic E-state index is 12.5. The minimum atomic E-state index is 0.0895. The number of rotatable bonds is 3. The van der Waals surface area contributed by atoms with Crippen LogP contribution in [-0.4, -0.2) is 56.9 Å². The van der Waals surface area contributed by atoms with Gasteiger partial charge in [-0.1, -0.05) is 30.0 Å². The van der Waals surface area contributed by atoms with E-state index >= 15 is 0 Å². The van der Waals surface area contributed by atoms with Gasteiger partial charge in [-0.25, -0.2) is 5.43 Å². The Morgan fingerprint density at radius 1 is 1.17 bits per heavy atom. The van der Waals surface area contributed by atoms with Crippen molar-refractivity contribution in [1.29, 1.82) is 0 Å². The second-order valence-corrected chi connectivity index (χ2v) is 9.58. The van der Waals surface area contributed by atoms with E-state index in [1.165, 1.54) is 34.9 Å². The summed E-state index contributed by atoms with van der Waals surface area (Å²) >= 11 is 1.54. The van der Waals surface area contributed by atoms with Crippen molar-refractivity contribution in [2.24, 2.45) is 5.10 Å². The Kier molecular flexibility index (Phi) is 5.37. The minimum Gasteiger partial charge on any atom is -0.342 e. The summed E-state index contributed by atoms with van der Waals surface area (Å²) in [6.07, 6.45) is 8.74. The van der Waals surface area contributed by atoms with Crippen molar-refractivity contribution in [2.75, 3.05) is 18.8 Å². The summed E-state index contributed by atoms with van der Waals surface area (Å²) in [5.74, 6) is 0.681. The van der Waals surface area contributed by atoms with Gasteiger partial charge in [-0.3, -0.25) is 10.2 Å². The summed E-state index contributed by atoms with van der Waals surface area (Å²) in [5, 5.41) is 7.65. The highest BCUT2D eigenvalue weighted by Crippen LogP contribution is 2.35. The number of nitrogens with zero attached hydrogens (tertiary/aromatic N) is 4. The van der Waals surface area contributed by atoms with Crippen LogP contribution >= 0.6 is 11.8 Å². The van der Waals surface area contributed by atoms with Crippen molar-refractivity contribution in [1.82, 2.24) is 25.7 Å². The van der Waals surface area contributed by atoms with Crippen LogP contribution in [0, 0.1) is 13.8 Å². The second kappa shape index (κ2) is 8.15. The Bertz CT molecular complexity index is 880. The molecular formula is C22H30N6OS. The van der Waals surface area contributed by atoms with E-state index in [1.807, 2.05) is 4.90 Å². The number of nitrogens with one attached hydrogen (secondary N) is 2. The fourth-order valence-corrected chi connectivity index (χ4v) is 5.59. The maximum Gasteiger partial charge on any atom is 0.233 e. The highest BCUT2D eigenvalue weighted by molar-refractivity contribution is 8.14. The van der Waals surface area contributed by atoms with Gasteiger partial charge in [0.15, 0.2) is 5.17 Å². The molecule has 1 amide bonds. The molecule has 3 unspecified atom stereocenters. The number of carbonyl (C=O) groups excluding carboxylic acids is 1. The van der Waals surface area contributed by atoms with E-state index in [0.29, 0.717) is 5.75 Å². The average molecular weight is 427 g/mol. The molecule has 0 saturated carbocycles. The van der Waals surface area contributed by atoms with Gasteiger partial charge in [-0.15, -0.1) is 0 Å². The Labute approximate surface area is 182 Å². The number of likely N-dealkylation sites (tertiary alicyclic amines) is 1. The molecule has 160 valence electrons. The van der Waals surface area contributed by atoms with Crippen molar-refractivity contribution in [2.45, 2.75) is 57.8 Å². The lowest BCUT2D eigenvalue weighted by atomic mass is 9.97. The predicted molar refractivity (Wildman–Crippen MR) is 120 cm³/mol. The molecule has 4 heterocycles. The number of aryl methyl sites for hydroxylation is 2. The van der Waals surface area contributed by atoms with Gasteiger partial charge in [0.05, 0.1) is 17.8 Å². The Morgan fingerprint density at radius 3 is 2.80 bits per heavy atom. The third kappa shape index (κ3) is 3.67. The third-order valence-electron chi connectivity index (χ3n) is 6.67. The molecule has 2 fully saturated rings. The van der Waals surface area contributed by atoms with Gasteiger partial charge in [-0.2, -0.15) is 5.10 Å². The molecule has 0 aromatic heterocycles. The molecule has 4 aliphatic heterocycles. The number of piperidine rings is 1. The van der Waals surface area contributed by atoms with Crippen LogP contribution in [0.5, 0.6) is 0 Å². The van der Waals surface area contributed by atoms with E-state index in [-0.39, 0.29) is 24.2 Å². The summed E-state index contributed by atoms with van der Waals surface area (Å²) in [7, 11) is 0. The van der Waals surface area contributed by atoms with Crippen molar-refractivity contribution in [3.05, 3.63) is 47.3 Å². The summed E-state index contributed by atoms with van der Waals surface area (Å²) in [6.45, 7) is 6.13. The minimum absolute atomic E-state index is 0.0895. The molecule has 1 aromatic carbocycles. The van der Waals surface area contributed by atoms with E-state index in [2.05, 4.69) is 70.3 Å². The van der Waals surface area contributed by atoms with Crippen LogP contribution in [0.1, 0.15) is 48.4 Å². The normalized spacial score (nSPS) is 27.6. The summed E-state index contributed by atoms with van der Waals surface area (Å²) in [5.41, 5.74) is 10.9. The Balaban J connectivity index is 1.21.